The summed E-state index contributed by atoms with van der Waals surface area (Å²) >= 11 is 5.77. The molecule has 86 valence electrons. The highest BCUT2D eigenvalue weighted by atomic mass is 35.5. The van der Waals surface area contributed by atoms with Gasteiger partial charge in [-0.1, -0.05) is 11.6 Å². The summed E-state index contributed by atoms with van der Waals surface area (Å²) in [6.07, 6.45) is 0. The normalized spacial score (nSPS) is 13.6. The van der Waals surface area contributed by atoms with E-state index in [-0.39, 0.29) is 28.6 Å². The number of halogens is 1. The standard InChI is InChI=1S/C10H10ClNO4/c11-5-3-7-10(16-2-1-15-7)8(9(5)14)6(13)4-12/h3,14H,1-2,4,12H2. The summed E-state index contributed by atoms with van der Waals surface area (Å²) in [7, 11) is 0. The van der Waals surface area contributed by atoms with Gasteiger partial charge in [0.2, 0.25) is 0 Å². The number of Topliss-reactive ketones (excluding diaryl/α,β-unsaturated/α-hetero) is 1. The van der Waals surface area contributed by atoms with Crippen LogP contribution in [0.5, 0.6) is 17.2 Å². The van der Waals surface area contributed by atoms with Crippen LogP contribution in [-0.2, 0) is 0 Å². The Bertz CT molecular complexity index is 447. The molecular weight excluding hydrogens is 234 g/mol. The summed E-state index contributed by atoms with van der Waals surface area (Å²) < 4.78 is 10.6. The van der Waals surface area contributed by atoms with Crippen LogP contribution >= 0.6 is 11.6 Å². The van der Waals surface area contributed by atoms with Gasteiger partial charge in [0.25, 0.3) is 0 Å². The Morgan fingerprint density at radius 3 is 2.88 bits per heavy atom. The van der Waals surface area contributed by atoms with Crippen molar-refractivity contribution >= 4 is 17.4 Å². The molecule has 0 radical (unpaired) electrons. The van der Waals surface area contributed by atoms with Gasteiger partial charge >= 0.3 is 0 Å². The van der Waals surface area contributed by atoms with Crippen LogP contribution in [0.15, 0.2) is 6.07 Å². The molecule has 0 saturated carbocycles. The molecular formula is C10H10ClNO4. The Morgan fingerprint density at radius 2 is 2.19 bits per heavy atom. The van der Waals surface area contributed by atoms with Gasteiger partial charge in [0, 0.05) is 6.07 Å². The van der Waals surface area contributed by atoms with Crippen LogP contribution in [0.3, 0.4) is 0 Å². The first kappa shape index (κ1) is 11.0. The Labute approximate surface area is 96.7 Å². The third-order valence-corrected chi connectivity index (χ3v) is 2.51. The maximum absolute atomic E-state index is 11.6. The van der Waals surface area contributed by atoms with Gasteiger partial charge in [-0.15, -0.1) is 0 Å². The molecule has 1 heterocycles. The van der Waals surface area contributed by atoms with E-state index in [9.17, 15) is 9.90 Å². The van der Waals surface area contributed by atoms with Gasteiger partial charge in [0.1, 0.15) is 24.5 Å². The van der Waals surface area contributed by atoms with Crippen molar-refractivity contribution < 1.29 is 19.4 Å². The van der Waals surface area contributed by atoms with Gasteiger partial charge in [-0.3, -0.25) is 4.79 Å². The van der Waals surface area contributed by atoms with Gasteiger partial charge in [0.15, 0.2) is 17.3 Å². The molecule has 0 saturated heterocycles. The SMILES string of the molecule is NCC(=O)c1c(O)c(Cl)cc2c1OCCO2. The average molecular weight is 244 g/mol. The zero-order valence-corrected chi connectivity index (χ0v) is 9.08. The number of carbonyl (C=O) groups excluding carboxylic acids is 1. The van der Waals surface area contributed by atoms with E-state index in [2.05, 4.69) is 0 Å². The number of nitrogens with two attached hydrogens (primary N) is 1. The number of hydrogen-bond acceptors (Lipinski definition) is 5. The van der Waals surface area contributed by atoms with E-state index in [4.69, 9.17) is 26.8 Å². The molecule has 0 aliphatic carbocycles. The molecule has 0 amide bonds. The number of rotatable bonds is 2. The quantitative estimate of drug-likeness (QED) is 0.756. The van der Waals surface area contributed by atoms with Crippen LogP contribution in [0, 0.1) is 0 Å². The largest absolute Gasteiger partial charge is 0.505 e. The predicted octanol–water partition coefficient (Wildman–Crippen LogP) is 0.958. The molecule has 0 fully saturated rings. The Morgan fingerprint density at radius 1 is 1.50 bits per heavy atom. The molecule has 0 aromatic heterocycles. The first-order valence-electron chi connectivity index (χ1n) is 4.69. The second-order valence-electron chi connectivity index (χ2n) is 3.23. The molecule has 5 nitrogen and oxygen atoms in total. The topological polar surface area (TPSA) is 81.8 Å². The first-order chi connectivity index (χ1) is 7.65. The molecule has 1 aliphatic heterocycles. The van der Waals surface area contributed by atoms with Crippen molar-refractivity contribution in [2.45, 2.75) is 0 Å². The fourth-order valence-corrected chi connectivity index (χ4v) is 1.70. The van der Waals surface area contributed by atoms with Crippen LogP contribution in [0.4, 0.5) is 0 Å². The van der Waals surface area contributed by atoms with Crippen molar-refractivity contribution in [2.24, 2.45) is 5.73 Å². The average Bonchev–Trinajstić information content (AvgIpc) is 2.30. The van der Waals surface area contributed by atoms with Crippen LogP contribution in [-0.4, -0.2) is 30.6 Å². The van der Waals surface area contributed by atoms with Gasteiger partial charge in [0.05, 0.1) is 11.6 Å². The van der Waals surface area contributed by atoms with Crippen molar-refractivity contribution in [3.05, 3.63) is 16.7 Å². The minimum atomic E-state index is -0.443. The highest BCUT2D eigenvalue weighted by Gasteiger charge is 2.26. The third-order valence-electron chi connectivity index (χ3n) is 2.22. The summed E-state index contributed by atoms with van der Waals surface area (Å²) in [6.45, 7) is 0.465. The second kappa shape index (κ2) is 4.19. The molecule has 1 aromatic carbocycles. The first-order valence-corrected chi connectivity index (χ1v) is 5.07. The van der Waals surface area contributed by atoms with E-state index >= 15 is 0 Å². The predicted molar refractivity (Wildman–Crippen MR) is 57.5 cm³/mol. The molecule has 3 N–H and O–H groups in total. The molecule has 0 unspecified atom stereocenters. The summed E-state index contributed by atoms with van der Waals surface area (Å²) in [5.41, 5.74) is 5.25. The van der Waals surface area contributed by atoms with Crippen LogP contribution in [0.25, 0.3) is 0 Å². The Balaban J connectivity index is 2.63. The number of fused-ring (bicyclic) bond motifs is 1. The summed E-state index contributed by atoms with van der Waals surface area (Å²) in [4.78, 5) is 11.6. The zero-order valence-electron chi connectivity index (χ0n) is 8.33. The number of hydrogen-bond donors (Lipinski definition) is 2. The second-order valence-corrected chi connectivity index (χ2v) is 3.64. The van der Waals surface area contributed by atoms with Crippen molar-refractivity contribution in [1.29, 1.82) is 0 Å². The Hall–Kier alpha value is -1.46. The molecule has 0 atom stereocenters. The van der Waals surface area contributed by atoms with Crippen LogP contribution in [0.1, 0.15) is 10.4 Å². The van der Waals surface area contributed by atoms with Crippen molar-refractivity contribution in [1.82, 2.24) is 0 Å². The summed E-state index contributed by atoms with van der Waals surface area (Å²) in [5, 5.41) is 9.75. The highest BCUT2D eigenvalue weighted by molar-refractivity contribution is 6.33. The monoisotopic (exact) mass is 243 g/mol. The maximum Gasteiger partial charge on any atom is 0.184 e. The molecule has 16 heavy (non-hydrogen) atoms. The maximum atomic E-state index is 11.6. The molecule has 0 spiro atoms. The lowest BCUT2D eigenvalue weighted by molar-refractivity contribution is 0.0987. The van der Waals surface area contributed by atoms with E-state index in [1.807, 2.05) is 0 Å². The lowest BCUT2D eigenvalue weighted by Gasteiger charge is -2.21. The van der Waals surface area contributed by atoms with Gasteiger partial charge in [-0.2, -0.15) is 0 Å². The van der Waals surface area contributed by atoms with Crippen LogP contribution in [0.2, 0.25) is 5.02 Å². The Kier molecular flexibility index (Phi) is 2.89. The third kappa shape index (κ3) is 1.68. The number of carbonyl (C=O) groups is 1. The lowest BCUT2D eigenvalue weighted by Crippen LogP contribution is -2.20. The molecule has 2 rings (SSSR count). The van der Waals surface area contributed by atoms with Crippen molar-refractivity contribution in [3.8, 4) is 17.2 Å². The summed E-state index contributed by atoms with van der Waals surface area (Å²) in [6, 6.07) is 1.42. The van der Waals surface area contributed by atoms with E-state index in [1.54, 1.807) is 0 Å². The van der Waals surface area contributed by atoms with Gasteiger partial charge < -0.3 is 20.3 Å². The van der Waals surface area contributed by atoms with E-state index in [0.29, 0.717) is 19.0 Å². The van der Waals surface area contributed by atoms with E-state index in [0.717, 1.165) is 0 Å². The molecule has 6 heteroatoms. The van der Waals surface area contributed by atoms with Crippen molar-refractivity contribution in [3.63, 3.8) is 0 Å². The number of benzene rings is 1. The highest BCUT2D eigenvalue weighted by Crippen LogP contribution is 2.43. The fraction of sp³-hybridized carbons (Fsp3) is 0.300. The molecule has 0 bridgehead atoms. The van der Waals surface area contributed by atoms with Gasteiger partial charge in [-0.25, -0.2) is 0 Å². The minimum absolute atomic E-state index is 0.00954. The number of phenolic OH excluding ortho intramolecular Hbond substituents is 1. The smallest absolute Gasteiger partial charge is 0.184 e. The number of ketones is 1. The fourth-order valence-electron chi connectivity index (χ4n) is 1.51. The minimum Gasteiger partial charge on any atom is -0.505 e. The van der Waals surface area contributed by atoms with Crippen LogP contribution < -0.4 is 15.2 Å². The lowest BCUT2D eigenvalue weighted by atomic mass is 10.1. The van der Waals surface area contributed by atoms with E-state index in [1.165, 1.54) is 6.07 Å². The molecule has 1 aliphatic rings. The zero-order chi connectivity index (χ0) is 11.7. The van der Waals surface area contributed by atoms with Gasteiger partial charge in [-0.05, 0) is 0 Å². The van der Waals surface area contributed by atoms with Crippen molar-refractivity contribution in [2.75, 3.05) is 19.8 Å². The number of phenols is 1. The summed E-state index contributed by atoms with van der Waals surface area (Å²) in [5.74, 6) is -0.197. The number of ether oxygens (including phenoxy) is 2. The molecule has 1 aromatic rings. The number of aromatic hydroxyl groups is 1. The van der Waals surface area contributed by atoms with E-state index < -0.39 is 5.78 Å².